The third-order valence-electron chi connectivity index (χ3n) is 5.22. The average molecular weight is 344 g/mol. The molecule has 2 fully saturated rings. The first-order valence-corrected chi connectivity index (χ1v) is 8.54. The Labute approximate surface area is 144 Å². The molecule has 1 aromatic heterocycles. The lowest BCUT2D eigenvalue weighted by Gasteiger charge is -2.26. The fourth-order valence-electron chi connectivity index (χ4n) is 3.45. The van der Waals surface area contributed by atoms with Crippen LogP contribution in [0.2, 0.25) is 0 Å². The van der Waals surface area contributed by atoms with Gasteiger partial charge in [-0.3, -0.25) is 14.4 Å². The van der Waals surface area contributed by atoms with E-state index in [4.69, 9.17) is 4.84 Å². The predicted octanol–water partition coefficient (Wildman–Crippen LogP) is -0.119. The van der Waals surface area contributed by atoms with Crippen molar-refractivity contribution in [1.29, 1.82) is 0 Å². The highest BCUT2D eigenvalue weighted by atomic mass is 16.6. The van der Waals surface area contributed by atoms with Gasteiger partial charge in [0.15, 0.2) is 11.8 Å². The molecule has 1 aliphatic carbocycles. The predicted molar refractivity (Wildman–Crippen MR) is 89.2 cm³/mol. The van der Waals surface area contributed by atoms with Crippen LogP contribution >= 0.6 is 0 Å². The topological polar surface area (TPSA) is 93.0 Å². The van der Waals surface area contributed by atoms with Gasteiger partial charge in [-0.25, -0.2) is 0 Å². The highest BCUT2D eigenvalue weighted by Gasteiger charge is 2.47. The number of rotatable bonds is 3. The average Bonchev–Trinajstić information content (AvgIpc) is 3.13. The molecule has 1 saturated heterocycles. The van der Waals surface area contributed by atoms with E-state index in [-0.39, 0.29) is 41.0 Å². The Morgan fingerprint density at radius 1 is 1.32 bits per heavy atom. The van der Waals surface area contributed by atoms with Gasteiger partial charge in [0.1, 0.15) is 5.56 Å². The molecular weight excluding hydrogens is 324 g/mol. The minimum Gasteiger partial charge on any atom is -0.389 e. The summed E-state index contributed by atoms with van der Waals surface area (Å²) in [6, 6.07) is 3.42. The van der Waals surface area contributed by atoms with Crippen molar-refractivity contribution in [3.8, 4) is 0 Å². The Morgan fingerprint density at radius 3 is 2.84 bits per heavy atom. The molecular formula is C17H20N4O4. The summed E-state index contributed by atoms with van der Waals surface area (Å²) in [5.74, 6) is -0.781. The van der Waals surface area contributed by atoms with Gasteiger partial charge in [0.25, 0.3) is 17.4 Å². The standard InChI is InChI=1S/C17H20N4O4/c1-20-7-3-6-11(16(20)23)17(24)21-8-12-13(9-21)25-19-14(12)15(22)18-10-4-2-5-10/h3,6-7,10,12-13H,2,4-5,8-9H2,1H3,(H,18,22)/t12-,13+/m0/s1. The molecule has 132 valence electrons. The van der Waals surface area contributed by atoms with Gasteiger partial charge in [0.2, 0.25) is 0 Å². The lowest BCUT2D eigenvalue weighted by atomic mass is 9.92. The second-order valence-electron chi connectivity index (χ2n) is 6.88. The van der Waals surface area contributed by atoms with Crippen LogP contribution in [0.15, 0.2) is 28.3 Å². The zero-order chi connectivity index (χ0) is 17.6. The third-order valence-corrected chi connectivity index (χ3v) is 5.22. The van der Waals surface area contributed by atoms with Crippen LogP contribution in [-0.2, 0) is 16.7 Å². The van der Waals surface area contributed by atoms with E-state index in [1.807, 2.05) is 0 Å². The molecule has 0 aromatic carbocycles. The van der Waals surface area contributed by atoms with Crippen molar-refractivity contribution in [3.05, 3.63) is 34.2 Å². The third kappa shape index (κ3) is 2.71. The number of nitrogens with zero attached hydrogens (tertiary/aromatic N) is 3. The Bertz CT molecular complexity index is 811. The fraction of sp³-hybridized carbons (Fsp3) is 0.529. The summed E-state index contributed by atoms with van der Waals surface area (Å²) in [6.07, 6.45) is 4.41. The number of pyridine rings is 1. The molecule has 4 rings (SSSR count). The molecule has 0 radical (unpaired) electrons. The molecule has 2 atom stereocenters. The van der Waals surface area contributed by atoms with E-state index in [9.17, 15) is 14.4 Å². The van der Waals surface area contributed by atoms with E-state index in [2.05, 4.69) is 10.5 Å². The highest BCUT2D eigenvalue weighted by molar-refractivity contribution is 6.40. The van der Waals surface area contributed by atoms with E-state index in [0.29, 0.717) is 18.8 Å². The maximum Gasteiger partial charge on any atom is 0.269 e. The number of likely N-dealkylation sites (tertiary alicyclic amines) is 1. The number of oxime groups is 1. The first-order valence-electron chi connectivity index (χ1n) is 8.54. The first kappa shape index (κ1) is 15.9. The van der Waals surface area contributed by atoms with E-state index in [1.54, 1.807) is 24.2 Å². The fourth-order valence-corrected chi connectivity index (χ4v) is 3.45. The zero-order valence-electron chi connectivity index (χ0n) is 14.0. The number of fused-ring (bicyclic) bond motifs is 1. The number of aryl methyl sites for hydroxylation is 1. The molecule has 0 spiro atoms. The van der Waals surface area contributed by atoms with Gasteiger partial charge < -0.3 is 19.6 Å². The summed E-state index contributed by atoms with van der Waals surface area (Å²) in [5, 5.41) is 6.89. The second-order valence-corrected chi connectivity index (χ2v) is 6.88. The van der Waals surface area contributed by atoms with E-state index >= 15 is 0 Å². The Morgan fingerprint density at radius 2 is 2.12 bits per heavy atom. The molecule has 2 amide bonds. The summed E-state index contributed by atoms with van der Waals surface area (Å²) in [5.41, 5.74) is 0.151. The normalized spacial score (nSPS) is 25.0. The van der Waals surface area contributed by atoms with Crippen LogP contribution < -0.4 is 10.9 Å². The van der Waals surface area contributed by atoms with Gasteiger partial charge in [-0.1, -0.05) is 5.16 Å². The zero-order valence-corrected chi connectivity index (χ0v) is 14.0. The summed E-state index contributed by atoms with van der Waals surface area (Å²) in [7, 11) is 1.61. The van der Waals surface area contributed by atoms with Crippen molar-refractivity contribution in [3.63, 3.8) is 0 Å². The lowest BCUT2D eigenvalue weighted by Crippen LogP contribution is -2.45. The van der Waals surface area contributed by atoms with Crippen LogP contribution in [0.5, 0.6) is 0 Å². The summed E-state index contributed by atoms with van der Waals surface area (Å²) >= 11 is 0. The Kier molecular flexibility index (Phi) is 3.82. The van der Waals surface area contributed by atoms with Gasteiger partial charge >= 0.3 is 0 Å². The number of aromatic nitrogens is 1. The van der Waals surface area contributed by atoms with Crippen molar-refractivity contribution in [2.24, 2.45) is 18.1 Å². The molecule has 0 bridgehead atoms. The number of amides is 2. The smallest absolute Gasteiger partial charge is 0.269 e. The number of carbonyl (C=O) groups is 2. The molecule has 0 unspecified atom stereocenters. The largest absolute Gasteiger partial charge is 0.389 e. The minimum absolute atomic E-state index is 0.127. The molecule has 2 aliphatic heterocycles. The van der Waals surface area contributed by atoms with Crippen molar-refractivity contribution < 1.29 is 14.4 Å². The number of hydrogen-bond acceptors (Lipinski definition) is 5. The van der Waals surface area contributed by atoms with Crippen molar-refractivity contribution in [1.82, 2.24) is 14.8 Å². The quantitative estimate of drug-likeness (QED) is 0.827. The summed E-state index contributed by atoms with van der Waals surface area (Å²) < 4.78 is 1.37. The Hall–Kier alpha value is -2.64. The van der Waals surface area contributed by atoms with E-state index < -0.39 is 0 Å². The van der Waals surface area contributed by atoms with Crippen LogP contribution in [0.3, 0.4) is 0 Å². The van der Waals surface area contributed by atoms with Gasteiger partial charge in [-0.05, 0) is 31.4 Å². The van der Waals surface area contributed by atoms with Crippen LogP contribution in [0.4, 0.5) is 0 Å². The van der Waals surface area contributed by atoms with Crippen molar-refractivity contribution >= 4 is 17.5 Å². The van der Waals surface area contributed by atoms with Gasteiger partial charge in [-0.15, -0.1) is 0 Å². The first-order chi connectivity index (χ1) is 12.0. The molecule has 25 heavy (non-hydrogen) atoms. The van der Waals surface area contributed by atoms with Gasteiger partial charge in [0.05, 0.1) is 12.5 Å². The summed E-state index contributed by atoms with van der Waals surface area (Å²) in [6.45, 7) is 0.656. The van der Waals surface area contributed by atoms with E-state index in [0.717, 1.165) is 19.3 Å². The van der Waals surface area contributed by atoms with Crippen LogP contribution in [0.1, 0.15) is 29.6 Å². The van der Waals surface area contributed by atoms with Crippen LogP contribution in [0, 0.1) is 5.92 Å². The molecule has 1 aromatic rings. The van der Waals surface area contributed by atoms with Crippen LogP contribution in [0.25, 0.3) is 0 Å². The molecule has 8 nitrogen and oxygen atoms in total. The monoisotopic (exact) mass is 344 g/mol. The molecule has 8 heteroatoms. The molecule has 3 aliphatic rings. The Balaban J connectivity index is 1.46. The molecule has 3 heterocycles. The number of hydrogen-bond donors (Lipinski definition) is 1. The van der Waals surface area contributed by atoms with Crippen LogP contribution in [-0.4, -0.2) is 52.2 Å². The number of carbonyl (C=O) groups excluding carboxylic acids is 2. The lowest BCUT2D eigenvalue weighted by molar-refractivity contribution is -0.116. The highest BCUT2D eigenvalue weighted by Crippen LogP contribution is 2.28. The SMILES string of the molecule is Cn1cccc(C(=O)N2C[C@@H]3C(C(=O)NC4CCC4)=NO[C@@H]3C2)c1=O. The second kappa shape index (κ2) is 6.02. The molecule has 1 saturated carbocycles. The van der Waals surface area contributed by atoms with Crippen molar-refractivity contribution in [2.45, 2.75) is 31.4 Å². The maximum atomic E-state index is 12.7. The van der Waals surface area contributed by atoms with E-state index in [1.165, 1.54) is 10.6 Å². The maximum absolute atomic E-state index is 12.7. The summed E-state index contributed by atoms with van der Waals surface area (Å²) in [4.78, 5) is 44.1. The van der Waals surface area contributed by atoms with Crippen molar-refractivity contribution in [2.75, 3.05) is 13.1 Å². The molecule has 1 N–H and O–H groups in total. The van der Waals surface area contributed by atoms with Gasteiger partial charge in [-0.2, -0.15) is 0 Å². The minimum atomic E-state index is -0.335. The van der Waals surface area contributed by atoms with Gasteiger partial charge in [0, 0.05) is 25.8 Å². The number of nitrogens with one attached hydrogen (secondary N) is 1.